The van der Waals surface area contributed by atoms with Crippen LogP contribution in [0.3, 0.4) is 0 Å². The zero-order valence-corrected chi connectivity index (χ0v) is 11.3. The molecule has 2 amide bonds. The van der Waals surface area contributed by atoms with Crippen molar-refractivity contribution in [1.82, 2.24) is 9.80 Å². The lowest BCUT2D eigenvalue weighted by Crippen LogP contribution is -2.48. The number of hydrogen-bond acceptors (Lipinski definition) is 2. The zero-order valence-electron chi connectivity index (χ0n) is 11.3. The molecule has 1 rings (SSSR count). The summed E-state index contributed by atoms with van der Waals surface area (Å²) in [6.45, 7) is 7.49. The lowest BCUT2D eigenvalue weighted by Gasteiger charge is -2.34. The number of rotatable bonds is 4. The van der Waals surface area contributed by atoms with E-state index in [2.05, 4.69) is 13.0 Å². The van der Waals surface area contributed by atoms with Crippen LogP contribution in [0.5, 0.6) is 0 Å². The second-order valence-corrected chi connectivity index (χ2v) is 4.96. The maximum absolute atomic E-state index is 12.3. The molecule has 0 unspecified atom stereocenters. The number of nitrogens with zero attached hydrogens (tertiary/aromatic N) is 2. The smallest absolute Gasteiger partial charge is 0.320 e. The molecule has 1 N–H and O–H groups in total. The van der Waals surface area contributed by atoms with E-state index in [1.54, 1.807) is 9.80 Å². The summed E-state index contributed by atoms with van der Waals surface area (Å²) < 4.78 is 0. The molecule has 0 bridgehead atoms. The minimum Gasteiger partial charge on any atom is -0.481 e. The van der Waals surface area contributed by atoms with Gasteiger partial charge in [0.1, 0.15) is 0 Å². The summed E-state index contributed by atoms with van der Waals surface area (Å²) in [6.07, 6.45) is 2.94. The van der Waals surface area contributed by atoms with Gasteiger partial charge in [-0.2, -0.15) is 0 Å². The maximum atomic E-state index is 12.3. The Hall–Kier alpha value is -1.52. The predicted molar refractivity (Wildman–Crippen MR) is 69.4 cm³/mol. The van der Waals surface area contributed by atoms with Crippen LogP contribution in [0.1, 0.15) is 33.6 Å². The summed E-state index contributed by atoms with van der Waals surface area (Å²) in [5.74, 6) is -0.872. The lowest BCUT2D eigenvalue weighted by atomic mass is 10.1. The Morgan fingerprint density at radius 1 is 1.50 bits per heavy atom. The third-order valence-corrected chi connectivity index (χ3v) is 3.14. The molecule has 1 aliphatic heterocycles. The van der Waals surface area contributed by atoms with Crippen LogP contribution in [0.25, 0.3) is 0 Å². The van der Waals surface area contributed by atoms with Gasteiger partial charge < -0.3 is 14.9 Å². The largest absolute Gasteiger partial charge is 0.481 e. The Bertz CT molecular complexity index is 350. The third kappa shape index (κ3) is 4.05. The van der Waals surface area contributed by atoms with Crippen LogP contribution in [-0.2, 0) is 4.79 Å². The first-order valence-electron chi connectivity index (χ1n) is 6.34. The molecule has 5 nitrogen and oxygen atoms in total. The quantitative estimate of drug-likeness (QED) is 0.780. The van der Waals surface area contributed by atoms with Crippen LogP contribution in [-0.4, -0.2) is 52.6 Å². The number of carboxylic acids is 1. The molecule has 0 spiro atoms. The lowest BCUT2D eigenvalue weighted by molar-refractivity contribution is -0.137. The molecule has 0 aromatic carbocycles. The van der Waals surface area contributed by atoms with E-state index in [9.17, 15) is 9.59 Å². The summed E-state index contributed by atoms with van der Waals surface area (Å²) in [6, 6.07) is -0.0427. The van der Waals surface area contributed by atoms with Crippen LogP contribution < -0.4 is 0 Å². The van der Waals surface area contributed by atoms with Crippen molar-refractivity contribution in [2.45, 2.75) is 39.7 Å². The number of urea groups is 1. The van der Waals surface area contributed by atoms with Gasteiger partial charge in [0.2, 0.25) is 0 Å². The van der Waals surface area contributed by atoms with Crippen molar-refractivity contribution < 1.29 is 14.7 Å². The van der Waals surface area contributed by atoms with Gasteiger partial charge in [-0.3, -0.25) is 4.79 Å². The van der Waals surface area contributed by atoms with Crippen molar-refractivity contribution in [2.24, 2.45) is 0 Å². The van der Waals surface area contributed by atoms with Gasteiger partial charge in [-0.15, -0.1) is 0 Å². The van der Waals surface area contributed by atoms with Crippen LogP contribution in [0, 0.1) is 0 Å². The zero-order chi connectivity index (χ0) is 13.7. The van der Waals surface area contributed by atoms with E-state index < -0.39 is 5.97 Å². The molecular formula is C13H22N2O3. The van der Waals surface area contributed by atoms with E-state index in [1.807, 2.05) is 13.8 Å². The standard InChI is InChI=1S/C13H22N2O3/c1-10(2)15(9-6-12(16)17)13(18)14-7-4-11(3)5-8-14/h4,10H,5-9H2,1-3H3,(H,16,17). The fourth-order valence-corrected chi connectivity index (χ4v) is 1.92. The molecule has 0 saturated carbocycles. The fraction of sp³-hybridized carbons (Fsp3) is 0.692. The molecule has 18 heavy (non-hydrogen) atoms. The molecule has 0 atom stereocenters. The number of carbonyl (C=O) groups is 2. The number of hydrogen-bond donors (Lipinski definition) is 1. The Balaban J connectivity index is 2.62. The topological polar surface area (TPSA) is 60.9 Å². The first-order valence-corrected chi connectivity index (χ1v) is 6.34. The predicted octanol–water partition coefficient (Wildman–Crippen LogP) is 1.94. The minimum atomic E-state index is -0.872. The first kappa shape index (κ1) is 14.5. The SMILES string of the molecule is CC1=CCN(C(=O)N(CCC(=O)O)C(C)C)CC1. The van der Waals surface area contributed by atoms with Crippen LogP contribution >= 0.6 is 0 Å². The monoisotopic (exact) mass is 254 g/mol. The number of carbonyl (C=O) groups excluding carboxylic acids is 1. The first-order chi connectivity index (χ1) is 8.41. The van der Waals surface area contributed by atoms with Crippen molar-refractivity contribution in [3.63, 3.8) is 0 Å². The molecule has 5 heteroatoms. The van der Waals surface area contributed by atoms with Crippen molar-refractivity contribution in [3.05, 3.63) is 11.6 Å². The van der Waals surface area contributed by atoms with E-state index in [0.717, 1.165) is 13.0 Å². The van der Waals surface area contributed by atoms with Gasteiger partial charge in [-0.25, -0.2) is 4.79 Å². The van der Waals surface area contributed by atoms with Crippen molar-refractivity contribution >= 4 is 12.0 Å². The molecule has 0 saturated heterocycles. The van der Waals surface area contributed by atoms with Gasteiger partial charge in [0, 0.05) is 25.7 Å². The molecule has 0 radical (unpaired) electrons. The van der Waals surface area contributed by atoms with Gasteiger partial charge in [0.25, 0.3) is 0 Å². The Morgan fingerprint density at radius 2 is 2.17 bits per heavy atom. The van der Waals surface area contributed by atoms with E-state index in [0.29, 0.717) is 6.54 Å². The molecule has 0 aromatic rings. The van der Waals surface area contributed by atoms with Crippen molar-refractivity contribution in [1.29, 1.82) is 0 Å². The highest BCUT2D eigenvalue weighted by atomic mass is 16.4. The van der Waals surface area contributed by atoms with Gasteiger partial charge in [-0.1, -0.05) is 11.6 Å². The van der Waals surface area contributed by atoms with Crippen molar-refractivity contribution in [3.8, 4) is 0 Å². The Labute approximate surface area is 108 Å². The van der Waals surface area contributed by atoms with Crippen LogP contribution in [0.2, 0.25) is 0 Å². The maximum Gasteiger partial charge on any atom is 0.320 e. The molecule has 102 valence electrons. The Morgan fingerprint density at radius 3 is 2.61 bits per heavy atom. The average molecular weight is 254 g/mol. The number of aliphatic carboxylic acids is 1. The number of amides is 2. The van der Waals surface area contributed by atoms with Gasteiger partial charge in [0.15, 0.2) is 0 Å². The van der Waals surface area contributed by atoms with Crippen molar-refractivity contribution in [2.75, 3.05) is 19.6 Å². The van der Waals surface area contributed by atoms with Gasteiger partial charge >= 0.3 is 12.0 Å². The van der Waals surface area contributed by atoms with Crippen LogP contribution in [0.15, 0.2) is 11.6 Å². The second kappa shape index (κ2) is 6.42. The highest BCUT2D eigenvalue weighted by Gasteiger charge is 2.24. The van der Waals surface area contributed by atoms with Crippen LogP contribution in [0.4, 0.5) is 4.79 Å². The highest BCUT2D eigenvalue weighted by Crippen LogP contribution is 2.13. The molecule has 1 aliphatic rings. The summed E-state index contributed by atoms with van der Waals surface area (Å²) in [7, 11) is 0. The normalized spacial score (nSPS) is 15.6. The average Bonchev–Trinajstić information content (AvgIpc) is 2.29. The molecule has 1 heterocycles. The molecule has 0 fully saturated rings. The summed E-state index contributed by atoms with van der Waals surface area (Å²) in [5, 5.41) is 8.71. The second-order valence-electron chi connectivity index (χ2n) is 4.96. The minimum absolute atomic E-state index is 0.00731. The fourth-order valence-electron chi connectivity index (χ4n) is 1.92. The van der Waals surface area contributed by atoms with Gasteiger partial charge in [0.05, 0.1) is 6.42 Å². The summed E-state index contributed by atoms with van der Waals surface area (Å²) in [5.41, 5.74) is 1.31. The number of carboxylic acid groups (broad SMARTS) is 1. The van der Waals surface area contributed by atoms with Gasteiger partial charge in [-0.05, 0) is 27.2 Å². The van der Waals surface area contributed by atoms with E-state index in [4.69, 9.17) is 5.11 Å². The molecule has 0 aliphatic carbocycles. The Kier molecular flexibility index (Phi) is 5.19. The van der Waals surface area contributed by atoms with E-state index in [-0.39, 0.29) is 25.0 Å². The summed E-state index contributed by atoms with van der Waals surface area (Å²) >= 11 is 0. The summed E-state index contributed by atoms with van der Waals surface area (Å²) in [4.78, 5) is 26.3. The third-order valence-electron chi connectivity index (χ3n) is 3.14. The van der Waals surface area contributed by atoms with E-state index >= 15 is 0 Å². The molecular weight excluding hydrogens is 232 g/mol. The highest BCUT2D eigenvalue weighted by molar-refractivity contribution is 5.76. The molecule has 0 aromatic heterocycles. The van der Waals surface area contributed by atoms with E-state index in [1.165, 1.54) is 5.57 Å².